The first-order valence-corrected chi connectivity index (χ1v) is 9.24. The molecule has 4 rings (SSSR count). The van der Waals surface area contributed by atoms with Gasteiger partial charge in [-0.3, -0.25) is 4.79 Å². The van der Waals surface area contributed by atoms with Crippen molar-refractivity contribution >= 4 is 29.2 Å². The summed E-state index contributed by atoms with van der Waals surface area (Å²) >= 11 is 0. The Morgan fingerprint density at radius 2 is 2.23 bits per heavy atom. The molecule has 0 aliphatic carbocycles. The number of carbonyl (C=O) groups is 1. The summed E-state index contributed by atoms with van der Waals surface area (Å²) in [5, 5.41) is 14.7. The van der Waals surface area contributed by atoms with Crippen molar-refractivity contribution in [3.63, 3.8) is 0 Å². The van der Waals surface area contributed by atoms with Crippen molar-refractivity contribution in [2.45, 2.75) is 32.2 Å². The van der Waals surface area contributed by atoms with E-state index in [1.807, 2.05) is 28.6 Å². The molecule has 0 unspecified atom stereocenters. The highest BCUT2D eigenvalue weighted by molar-refractivity contribution is 5.99. The molecule has 1 aromatic heterocycles. The van der Waals surface area contributed by atoms with Crippen molar-refractivity contribution in [3.8, 4) is 0 Å². The number of nitrogens with zero attached hydrogens (tertiary/aromatic N) is 2. The Hall–Kier alpha value is -1.56. The fourth-order valence-electron chi connectivity index (χ4n) is 4.85. The van der Waals surface area contributed by atoms with E-state index in [9.17, 15) is 9.90 Å². The first kappa shape index (κ1) is 19.2. The fraction of sp³-hybridized carbons (Fsp3) is 0.550. The number of carbonyl (C=O) groups excluding carboxylic acids is 1. The second kappa shape index (κ2) is 7.22. The zero-order chi connectivity index (χ0) is 17.6. The summed E-state index contributed by atoms with van der Waals surface area (Å²) in [5.74, 6) is 0.0787. The number of fused-ring (bicyclic) bond motifs is 2. The smallest absolute Gasteiger partial charge is 0.270 e. The normalized spacial score (nSPS) is 25.7. The van der Waals surface area contributed by atoms with E-state index >= 15 is 0 Å². The summed E-state index contributed by atoms with van der Waals surface area (Å²) in [4.78, 5) is 15.2. The van der Waals surface area contributed by atoms with Gasteiger partial charge in [-0.2, -0.15) is 0 Å². The molecule has 2 aliphatic rings. The van der Waals surface area contributed by atoms with E-state index in [0.717, 1.165) is 48.9 Å². The zero-order valence-corrected chi connectivity index (χ0v) is 16.3. The Morgan fingerprint density at radius 3 is 2.96 bits per heavy atom. The third-order valence-electron chi connectivity index (χ3n) is 6.25. The van der Waals surface area contributed by atoms with Crippen molar-refractivity contribution in [2.24, 2.45) is 12.5 Å². The number of hydrogen-bond acceptors (Lipinski definition) is 3. The Labute approximate surface area is 160 Å². The summed E-state index contributed by atoms with van der Waals surface area (Å²) < 4.78 is 2.02. The Morgan fingerprint density at radius 1 is 1.42 bits per heavy atom. The number of amides is 1. The van der Waals surface area contributed by atoms with Gasteiger partial charge in [-0.1, -0.05) is 18.2 Å². The highest BCUT2D eigenvalue weighted by Gasteiger charge is 2.45. The van der Waals surface area contributed by atoms with Crippen LogP contribution in [0.3, 0.4) is 0 Å². The van der Waals surface area contributed by atoms with Crippen LogP contribution in [0.5, 0.6) is 0 Å². The van der Waals surface area contributed by atoms with E-state index in [2.05, 4.69) is 24.4 Å². The van der Waals surface area contributed by atoms with Crippen molar-refractivity contribution in [1.29, 1.82) is 0 Å². The molecule has 0 radical (unpaired) electrons. The van der Waals surface area contributed by atoms with Gasteiger partial charge in [-0.15, -0.1) is 12.4 Å². The predicted octanol–water partition coefficient (Wildman–Crippen LogP) is 2.49. The lowest BCUT2D eigenvalue weighted by Gasteiger charge is -2.50. The number of para-hydroxylation sites is 1. The number of piperidine rings is 2. The lowest BCUT2D eigenvalue weighted by molar-refractivity contribution is -0.0140. The second-order valence-electron chi connectivity index (χ2n) is 7.75. The van der Waals surface area contributed by atoms with Crippen LogP contribution in [-0.2, 0) is 7.05 Å². The molecule has 5 nitrogen and oxygen atoms in total. The molecule has 0 bridgehead atoms. The molecule has 2 fully saturated rings. The van der Waals surface area contributed by atoms with Gasteiger partial charge in [0.15, 0.2) is 0 Å². The quantitative estimate of drug-likeness (QED) is 0.845. The number of nitrogens with one attached hydrogen (secondary N) is 1. The average Bonchev–Trinajstić information content (AvgIpc) is 2.98. The number of aryl methyl sites for hydroxylation is 2. The molecular weight excluding hydrogens is 350 g/mol. The summed E-state index contributed by atoms with van der Waals surface area (Å²) in [6.07, 6.45) is 2.96. The standard InChI is InChI=1S/C20H27N3O2.ClH/c1-14-5-3-6-15-11-16(22(2)18(14)15)19(25)23-10-7-17-20(12-23,13-24)8-4-9-21-17;/h3,5-6,11,17,21,24H,4,7-10,12-13H2,1-2H3;1H/t17-,20-;/m1./s1. The number of aliphatic hydroxyl groups excluding tert-OH is 1. The summed E-state index contributed by atoms with van der Waals surface area (Å²) in [5.41, 5.74) is 2.85. The molecule has 2 aromatic rings. The van der Waals surface area contributed by atoms with Gasteiger partial charge in [0, 0.05) is 37.0 Å². The van der Waals surface area contributed by atoms with Crippen LogP contribution in [0, 0.1) is 12.3 Å². The maximum atomic E-state index is 13.2. The number of rotatable bonds is 2. The third-order valence-corrected chi connectivity index (χ3v) is 6.25. The second-order valence-corrected chi connectivity index (χ2v) is 7.75. The first-order valence-electron chi connectivity index (χ1n) is 9.24. The predicted molar refractivity (Wildman–Crippen MR) is 106 cm³/mol. The lowest BCUT2D eigenvalue weighted by Crippen LogP contribution is -2.62. The highest BCUT2D eigenvalue weighted by Crippen LogP contribution is 2.37. The summed E-state index contributed by atoms with van der Waals surface area (Å²) in [6.45, 7) is 4.63. The molecule has 3 heterocycles. The van der Waals surface area contributed by atoms with Gasteiger partial charge >= 0.3 is 0 Å². The van der Waals surface area contributed by atoms with E-state index in [-0.39, 0.29) is 30.3 Å². The van der Waals surface area contributed by atoms with E-state index in [1.165, 1.54) is 5.56 Å². The van der Waals surface area contributed by atoms with Gasteiger partial charge in [0.25, 0.3) is 5.91 Å². The van der Waals surface area contributed by atoms with Crippen LogP contribution < -0.4 is 5.32 Å². The number of halogens is 1. The number of aliphatic hydroxyl groups is 1. The van der Waals surface area contributed by atoms with Gasteiger partial charge < -0.3 is 19.9 Å². The van der Waals surface area contributed by atoms with Gasteiger partial charge in [-0.05, 0) is 44.4 Å². The minimum Gasteiger partial charge on any atom is -0.396 e. The minimum atomic E-state index is -0.188. The average molecular weight is 378 g/mol. The molecule has 2 atom stereocenters. The molecule has 2 saturated heterocycles. The molecule has 0 spiro atoms. The van der Waals surface area contributed by atoms with Gasteiger partial charge in [-0.25, -0.2) is 0 Å². The van der Waals surface area contributed by atoms with E-state index in [1.54, 1.807) is 0 Å². The molecule has 1 aromatic carbocycles. The molecular formula is C20H28ClN3O2. The van der Waals surface area contributed by atoms with Crippen LogP contribution in [0.2, 0.25) is 0 Å². The summed E-state index contributed by atoms with van der Waals surface area (Å²) in [6, 6.07) is 8.50. The van der Waals surface area contributed by atoms with Crippen LogP contribution in [0.4, 0.5) is 0 Å². The zero-order valence-electron chi connectivity index (χ0n) is 15.5. The van der Waals surface area contributed by atoms with Crippen LogP contribution in [0.25, 0.3) is 10.9 Å². The molecule has 26 heavy (non-hydrogen) atoms. The van der Waals surface area contributed by atoms with Crippen LogP contribution >= 0.6 is 12.4 Å². The van der Waals surface area contributed by atoms with Gasteiger partial charge in [0.2, 0.25) is 0 Å². The largest absolute Gasteiger partial charge is 0.396 e. The number of benzene rings is 1. The Bertz CT molecular complexity index is 819. The van der Waals surface area contributed by atoms with E-state index in [4.69, 9.17) is 0 Å². The molecule has 2 N–H and O–H groups in total. The van der Waals surface area contributed by atoms with Crippen LogP contribution in [-0.4, -0.2) is 52.8 Å². The number of likely N-dealkylation sites (tertiary alicyclic amines) is 1. The van der Waals surface area contributed by atoms with Gasteiger partial charge in [0.1, 0.15) is 5.69 Å². The third kappa shape index (κ3) is 2.92. The first-order chi connectivity index (χ1) is 12.1. The van der Waals surface area contributed by atoms with Crippen molar-refractivity contribution in [1.82, 2.24) is 14.8 Å². The van der Waals surface area contributed by atoms with Gasteiger partial charge in [0.05, 0.1) is 12.1 Å². The minimum absolute atomic E-state index is 0. The van der Waals surface area contributed by atoms with Crippen molar-refractivity contribution < 1.29 is 9.90 Å². The van der Waals surface area contributed by atoms with Crippen molar-refractivity contribution in [3.05, 3.63) is 35.5 Å². The number of aromatic nitrogens is 1. The molecule has 2 aliphatic heterocycles. The summed E-state index contributed by atoms with van der Waals surface area (Å²) in [7, 11) is 1.97. The monoisotopic (exact) mass is 377 g/mol. The molecule has 6 heteroatoms. The SMILES string of the molecule is Cc1cccc2cc(C(=O)N3CC[C@H]4NCCC[C@]4(CO)C3)n(C)c12.Cl. The number of hydrogen-bond donors (Lipinski definition) is 2. The van der Waals surface area contributed by atoms with Crippen molar-refractivity contribution in [2.75, 3.05) is 26.2 Å². The molecule has 1 amide bonds. The van der Waals surface area contributed by atoms with E-state index < -0.39 is 0 Å². The maximum Gasteiger partial charge on any atom is 0.270 e. The molecule has 142 valence electrons. The Kier molecular flexibility index (Phi) is 5.33. The topological polar surface area (TPSA) is 57.5 Å². The van der Waals surface area contributed by atoms with Crippen LogP contribution in [0.1, 0.15) is 35.3 Å². The molecule has 0 saturated carbocycles. The lowest BCUT2D eigenvalue weighted by atomic mass is 9.70. The fourth-order valence-corrected chi connectivity index (χ4v) is 4.85. The van der Waals surface area contributed by atoms with E-state index in [0.29, 0.717) is 12.6 Å². The maximum absolute atomic E-state index is 13.2. The highest BCUT2D eigenvalue weighted by atomic mass is 35.5. The van der Waals surface area contributed by atoms with Crippen LogP contribution in [0.15, 0.2) is 24.3 Å². The Balaban J connectivity index is 0.00000196.